The van der Waals surface area contributed by atoms with Crippen LogP contribution in [0.4, 0.5) is 0 Å². The quantitative estimate of drug-likeness (QED) is 0.0422. The summed E-state index contributed by atoms with van der Waals surface area (Å²) in [6.07, 6.45) is -83.9. The minimum absolute atomic E-state index is 0.520. The van der Waals surface area contributed by atoms with Crippen LogP contribution in [0.1, 0.15) is 20.8 Å². The van der Waals surface area contributed by atoms with Gasteiger partial charge in [-0.2, -0.15) is 0 Å². The maximum Gasteiger partial charge on any atom is 0.303 e. The molecule has 99 heavy (non-hydrogen) atoms. The summed E-state index contributed by atoms with van der Waals surface area (Å²) >= 11 is 0. The number of carbonyl (C=O) groups excluding carboxylic acids is 2. The van der Waals surface area contributed by atoms with Gasteiger partial charge in [-0.15, -0.1) is 0 Å². The smallest absolute Gasteiger partial charge is 0.303 e. The number of rotatable bonds is 23. The van der Waals surface area contributed by atoms with E-state index in [9.17, 15) is 127 Å². The molecular weight excluding hydrogens is 1360 g/mol. The molecule has 0 aliphatic carbocycles. The van der Waals surface area contributed by atoms with Crippen molar-refractivity contribution in [3.8, 4) is 0 Å². The molecule has 9 saturated heterocycles. The highest BCUT2D eigenvalue weighted by atomic mass is 16.8. The first-order chi connectivity index (χ1) is 46.7. The Labute approximate surface area is 559 Å². The summed E-state index contributed by atoms with van der Waals surface area (Å²) in [5.74, 6) is -1.99. The van der Waals surface area contributed by atoms with Gasteiger partial charge >= 0.3 is 11.9 Å². The molecule has 9 aliphatic heterocycles. The van der Waals surface area contributed by atoms with Crippen LogP contribution in [0.3, 0.4) is 0 Å². The second-order valence-electron chi connectivity index (χ2n) is 25.1. The number of esters is 2. The Balaban J connectivity index is 1.01. The fourth-order valence-electron chi connectivity index (χ4n) is 12.2. The Morgan fingerprint density at radius 2 is 0.687 bits per heavy atom. The highest BCUT2D eigenvalue weighted by molar-refractivity contribution is 5.66. The van der Waals surface area contributed by atoms with Gasteiger partial charge in [0.25, 0.3) is 0 Å². The van der Waals surface area contributed by atoms with Crippen LogP contribution in [0, 0.1) is 0 Å². The number of hydrogen-bond donors (Lipinski definition) is 23. The molecule has 9 heterocycles. The lowest BCUT2D eigenvalue weighted by Gasteiger charge is -2.50. The average Bonchev–Trinajstić information content (AvgIpc) is 0.771. The van der Waals surface area contributed by atoms with Crippen molar-refractivity contribution in [1.82, 2.24) is 0 Å². The zero-order valence-electron chi connectivity index (χ0n) is 52.8. The van der Waals surface area contributed by atoms with Gasteiger partial charge in [-0.05, 0) is 6.92 Å². The first-order valence-corrected chi connectivity index (χ1v) is 31.5. The lowest BCUT2D eigenvalue weighted by Crippen LogP contribution is -2.68. The molecule has 0 unspecified atom stereocenters. The predicted molar refractivity (Wildman–Crippen MR) is 297 cm³/mol. The molecule has 0 aromatic rings. The Morgan fingerprint density at radius 1 is 0.313 bits per heavy atom. The zero-order chi connectivity index (χ0) is 72.5. The van der Waals surface area contributed by atoms with E-state index in [0.717, 1.165) is 13.8 Å². The molecule has 23 N–H and O–H groups in total. The van der Waals surface area contributed by atoms with Gasteiger partial charge < -0.3 is 207 Å². The van der Waals surface area contributed by atoms with Crippen LogP contribution in [-0.4, -0.2) is 440 Å². The molecule has 9 rings (SSSR count). The summed E-state index contributed by atoms with van der Waals surface area (Å²) in [6.45, 7) is -3.48. The first kappa shape index (κ1) is 80.4. The molecule has 0 aromatic heterocycles. The van der Waals surface area contributed by atoms with E-state index in [0.29, 0.717) is 0 Å². The van der Waals surface area contributed by atoms with Crippen LogP contribution in [0.15, 0.2) is 0 Å². The third-order valence-electron chi connectivity index (χ3n) is 18.0. The molecule has 0 spiro atoms. The first-order valence-electron chi connectivity index (χ1n) is 31.5. The van der Waals surface area contributed by atoms with Crippen molar-refractivity contribution in [3.63, 3.8) is 0 Å². The normalized spacial score (nSPS) is 51.7. The van der Waals surface area contributed by atoms with Gasteiger partial charge in [0.15, 0.2) is 68.8 Å². The number of aliphatic hydroxyl groups is 23. The van der Waals surface area contributed by atoms with Crippen LogP contribution in [0.2, 0.25) is 0 Å². The number of ether oxygens (including phenoxy) is 19. The number of carbonyl (C=O) groups is 2. The van der Waals surface area contributed by atoms with Gasteiger partial charge in [0.05, 0.1) is 52.4 Å². The van der Waals surface area contributed by atoms with E-state index < -0.39 is 323 Å². The largest absolute Gasteiger partial charge is 0.463 e. The van der Waals surface area contributed by atoms with Crippen molar-refractivity contribution in [2.45, 2.75) is 279 Å². The average molecular weight is 1460 g/mol. The lowest BCUT2D eigenvalue weighted by molar-refractivity contribution is -0.398. The summed E-state index contributed by atoms with van der Waals surface area (Å²) in [4.78, 5) is 24.7. The Hall–Kier alpha value is -2.66. The molecule has 0 radical (unpaired) electrons. The van der Waals surface area contributed by atoms with E-state index in [2.05, 4.69) is 0 Å². The third kappa shape index (κ3) is 18.1. The summed E-state index contributed by atoms with van der Waals surface area (Å²) in [5.41, 5.74) is 0. The molecule has 0 saturated carbocycles. The molecule has 0 aromatic carbocycles. The van der Waals surface area contributed by atoms with Gasteiger partial charge in [-0.25, -0.2) is 0 Å². The van der Waals surface area contributed by atoms with Crippen molar-refractivity contribution >= 4 is 11.9 Å². The standard InChI is InChI=1S/C55H90O44/c1-12-23(62)29(68)37(76)50(88-12)99-46-44(89-14(3)58)28(67)20(8-81-13(2)57)92-55(46)98-45-26(65)17(61)7-84-54(45)87-11-22-43(32(71)39(78)52(94-22)95-41-18(4-56)90-47(80)34(73)31(41)70)97-53-40(79)33(72)42(21(93-53)10-86-49-36(75)25(64)16(60)6-83-49)96-51-38(77)30(69)27(66)19(91-51)9-85-48-35(74)24(63)15(59)5-82-48/h12,15-56,59-80H,4-11H2,1-3H3/t12-,15+,16+,17+,18+,19+,20+,21+,22+,23+,24-,25-,26-,27+,28-,29+,30-,31+,32+,33+,34+,35+,36+,37-,38+,39+,40+,41+,42+,43+,44-,45+,46+,47+,48+,49+,50-,51-,52-,53-,54+,55-/m0/s1. The molecule has 44 heteroatoms. The molecule has 0 amide bonds. The fourth-order valence-corrected chi connectivity index (χ4v) is 12.2. The minimum atomic E-state index is -2.45. The molecule has 44 nitrogen and oxygen atoms in total. The summed E-state index contributed by atoms with van der Waals surface area (Å²) in [5, 5.41) is 252. The monoisotopic (exact) mass is 1450 g/mol. The van der Waals surface area contributed by atoms with Crippen LogP contribution < -0.4 is 0 Å². The second kappa shape index (κ2) is 34.7. The van der Waals surface area contributed by atoms with E-state index in [1.165, 1.54) is 6.92 Å². The summed E-state index contributed by atoms with van der Waals surface area (Å²) in [6, 6.07) is 0. The van der Waals surface area contributed by atoms with Crippen molar-refractivity contribution in [2.24, 2.45) is 0 Å². The molecule has 0 bridgehead atoms. The maximum absolute atomic E-state index is 12.7. The molecule has 574 valence electrons. The van der Waals surface area contributed by atoms with E-state index in [1.807, 2.05) is 0 Å². The predicted octanol–water partition coefficient (Wildman–Crippen LogP) is -16.5. The summed E-state index contributed by atoms with van der Waals surface area (Å²) < 4.78 is 109. The fraction of sp³-hybridized carbons (Fsp3) is 0.964. The topological polar surface area (TPSA) is 675 Å². The zero-order valence-corrected chi connectivity index (χ0v) is 52.8. The van der Waals surface area contributed by atoms with Gasteiger partial charge in [0.2, 0.25) is 0 Å². The molecule has 9 fully saturated rings. The minimum Gasteiger partial charge on any atom is -0.463 e. The Morgan fingerprint density at radius 3 is 1.18 bits per heavy atom. The van der Waals surface area contributed by atoms with Crippen molar-refractivity contribution in [1.29, 1.82) is 0 Å². The molecular formula is C55H90O44. The van der Waals surface area contributed by atoms with E-state index in [-0.39, 0.29) is 0 Å². The van der Waals surface area contributed by atoms with Gasteiger partial charge in [-0.3, -0.25) is 9.59 Å². The number of hydrogen-bond acceptors (Lipinski definition) is 44. The number of aliphatic hydroxyl groups excluding tert-OH is 23. The van der Waals surface area contributed by atoms with Crippen molar-refractivity contribution in [2.75, 3.05) is 52.9 Å². The van der Waals surface area contributed by atoms with Crippen molar-refractivity contribution in [3.05, 3.63) is 0 Å². The molecule has 9 aliphatic rings. The van der Waals surface area contributed by atoms with Crippen LogP contribution in [0.25, 0.3) is 0 Å². The third-order valence-corrected chi connectivity index (χ3v) is 18.0. The van der Waals surface area contributed by atoms with Gasteiger partial charge in [-0.1, -0.05) is 0 Å². The van der Waals surface area contributed by atoms with Gasteiger partial charge in [0.1, 0.15) is 190 Å². The molecule has 42 atom stereocenters. The van der Waals surface area contributed by atoms with E-state index in [1.54, 1.807) is 0 Å². The van der Waals surface area contributed by atoms with E-state index in [4.69, 9.17) is 90.0 Å². The van der Waals surface area contributed by atoms with Crippen LogP contribution in [0.5, 0.6) is 0 Å². The lowest BCUT2D eigenvalue weighted by atomic mass is 9.95. The Bertz CT molecular complexity index is 2520. The maximum atomic E-state index is 12.7. The van der Waals surface area contributed by atoms with Crippen LogP contribution >= 0.6 is 0 Å². The van der Waals surface area contributed by atoms with Crippen molar-refractivity contribution < 1.29 is 217 Å². The second-order valence-corrected chi connectivity index (χ2v) is 25.1. The highest BCUT2D eigenvalue weighted by Crippen LogP contribution is 2.39. The summed E-state index contributed by atoms with van der Waals surface area (Å²) in [7, 11) is 0. The van der Waals surface area contributed by atoms with Crippen LogP contribution in [-0.2, 0) is 99.6 Å². The van der Waals surface area contributed by atoms with Gasteiger partial charge in [0, 0.05) is 13.8 Å². The van der Waals surface area contributed by atoms with E-state index >= 15 is 0 Å². The SMILES string of the molecule is CC(=O)OC[C@H]1O[C@@H](O[C@H]2[C@@H](OC[C@H]3O[C@@H](O[C@H]4[C@H](O)[C@@H](O)[C@H](O)O[C@@H]4CO)[C@H](O)[C@@H](O)[C@@H]3O[C@@H]3O[C@H](CO[C@H]4OC[C@@H](O)[C@H](O)[C@H]4O)[C@@H](O[C@@H]4O[C@H](CO[C@H]5OC[C@@H](O)[C@H](O)[C@H]5O)[C@@H](O)[C@H](O)[C@H]4O)[C@H](O)[C@H]3O)OC[C@@H](O)[C@@H]2O)[C@H](O[C@@H]2O[C@@H](C)[C@@H](O)[C@@H](O)[C@@H]2O)[C@@H](OC(C)=O)[C@H]1O. The highest BCUT2D eigenvalue weighted by Gasteiger charge is 2.59. The Kier molecular flexibility index (Phi) is 28.2.